The van der Waals surface area contributed by atoms with Gasteiger partial charge in [-0.25, -0.2) is 4.98 Å². The molecule has 132 valence electrons. The highest BCUT2D eigenvalue weighted by Crippen LogP contribution is 2.23. The molecule has 1 amide bonds. The second-order valence-corrected chi connectivity index (χ2v) is 7.06. The Kier molecular flexibility index (Phi) is 5.13. The highest BCUT2D eigenvalue weighted by Gasteiger charge is 2.30. The Balaban J connectivity index is 1.62. The summed E-state index contributed by atoms with van der Waals surface area (Å²) in [5.74, 6) is 1.30. The largest absolute Gasteiger partial charge is 0.478 e. The quantitative estimate of drug-likeness (QED) is 0.872. The molecule has 1 N–H and O–H groups in total. The molecule has 1 aromatic heterocycles. The zero-order valence-electron chi connectivity index (χ0n) is 14.5. The fourth-order valence-electron chi connectivity index (χ4n) is 2.72. The summed E-state index contributed by atoms with van der Waals surface area (Å²) in [5, 5.41) is 3.48. The predicted molar refractivity (Wildman–Crippen MR) is 100 cm³/mol. The fourth-order valence-corrected chi connectivity index (χ4v) is 2.84. The Morgan fingerprint density at radius 3 is 2.44 bits per heavy atom. The smallest absolute Gasteiger partial charge is 0.268 e. The summed E-state index contributed by atoms with van der Waals surface area (Å²) >= 11 is 5.87. The van der Waals surface area contributed by atoms with E-state index in [1.807, 2.05) is 12.1 Å². The number of rotatable bonds is 5. The van der Waals surface area contributed by atoms with E-state index in [4.69, 9.17) is 16.3 Å². The second-order valence-electron chi connectivity index (χ2n) is 6.62. The Bertz CT molecular complexity index is 723. The number of amides is 1. The van der Waals surface area contributed by atoms with Crippen molar-refractivity contribution in [3.63, 3.8) is 0 Å². The lowest BCUT2D eigenvalue weighted by atomic mass is 10.1. The van der Waals surface area contributed by atoms with Gasteiger partial charge in [-0.2, -0.15) is 0 Å². The normalized spacial score (nSPS) is 14.4. The fraction of sp³-hybridized carbons (Fsp3) is 0.368. The molecule has 0 unspecified atom stereocenters. The first kappa shape index (κ1) is 17.5. The molecule has 2 heterocycles. The summed E-state index contributed by atoms with van der Waals surface area (Å²) in [4.78, 5) is 19.2. The third-order valence-electron chi connectivity index (χ3n) is 4.17. The van der Waals surface area contributed by atoms with E-state index in [1.54, 1.807) is 44.3 Å². The molecule has 0 radical (unpaired) electrons. The van der Waals surface area contributed by atoms with Crippen molar-refractivity contribution in [1.29, 1.82) is 0 Å². The number of hydrogen-bond donors (Lipinski definition) is 1. The molecule has 1 saturated heterocycles. The molecule has 0 bridgehead atoms. The van der Waals surface area contributed by atoms with Gasteiger partial charge in [0.25, 0.3) is 5.91 Å². The minimum atomic E-state index is -1.03. The minimum Gasteiger partial charge on any atom is -0.478 e. The maximum atomic E-state index is 12.5. The van der Waals surface area contributed by atoms with E-state index in [9.17, 15) is 4.79 Å². The Morgan fingerprint density at radius 1 is 1.16 bits per heavy atom. The summed E-state index contributed by atoms with van der Waals surface area (Å²) in [5.41, 5.74) is -0.373. The first-order chi connectivity index (χ1) is 11.9. The van der Waals surface area contributed by atoms with Crippen molar-refractivity contribution in [2.45, 2.75) is 32.3 Å². The predicted octanol–water partition coefficient (Wildman–Crippen LogP) is 4.13. The highest BCUT2D eigenvalue weighted by atomic mass is 35.5. The van der Waals surface area contributed by atoms with Crippen LogP contribution in [0.2, 0.25) is 5.02 Å². The molecule has 1 aliphatic rings. The van der Waals surface area contributed by atoms with Crippen molar-refractivity contribution in [1.82, 2.24) is 4.98 Å². The first-order valence-electron chi connectivity index (χ1n) is 8.41. The van der Waals surface area contributed by atoms with Gasteiger partial charge < -0.3 is 15.0 Å². The number of nitrogens with zero attached hydrogens (tertiary/aromatic N) is 2. The minimum absolute atomic E-state index is 0.238. The van der Waals surface area contributed by atoms with Crippen LogP contribution in [0.25, 0.3) is 0 Å². The van der Waals surface area contributed by atoms with Gasteiger partial charge in [0.2, 0.25) is 0 Å². The van der Waals surface area contributed by atoms with Crippen molar-refractivity contribution in [2.75, 3.05) is 23.3 Å². The van der Waals surface area contributed by atoms with E-state index < -0.39 is 5.60 Å². The van der Waals surface area contributed by atoms with E-state index >= 15 is 0 Å². The van der Waals surface area contributed by atoms with Crippen molar-refractivity contribution in [2.24, 2.45) is 0 Å². The Morgan fingerprint density at radius 2 is 1.84 bits per heavy atom. The van der Waals surface area contributed by atoms with Crippen molar-refractivity contribution in [3.05, 3.63) is 47.6 Å². The molecule has 0 saturated carbocycles. The lowest BCUT2D eigenvalue weighted by Crippen LogP contribution is -2.42. The zero-order chi connectivity index (χ0) is 17.9. The number of pyridine rings is 1. The maximum absolute atomic E-state index is 12.5. The summed E-state index contributed by atoms with van der Waals surface area (Å²) < 4.78 is 5.80. The van der Waals surface area contributed by atoms with Crippen LogP contribution in [0.15, 0.2) is 42.6 Å². The van der Waals surface area contributed by atoms with Crippen molar-refractivity contribution in [3.8, 4) is 5.75 Å². The van der Waals surface area contributed by atoms with Crippen LogP contribution in [0.5, 0.6) is 5.75 Å². The van der Waals surface area contributed by atoms with E-state index in [0.717, 1.165) is 18.9 Å². The van der Waals surface area contributed by atoms with E-state index in [1.165, 1.54) is 12.8 Å². The first-order valence-corrected chi connectivity index (χ1v) is 8.79. The third-order valence-corrected chi connectivity index (χ3v) is 4.42. The topological polar surface area (TPSA) is 54.5 Å². The number of carbonyl (C=O) groups is 1. The number of nitrogens with one attached hydrogen (secondary N) is 1. The van der Waals surface area contributed by atoms with Crippen LogP contribution in [0.1, 0.15) is 26.7 Å². The molecule has 5 nitrogen and oxygen atoms in total. The van der Waals surface area contributed by atoms with Crippen LogP contribution in [-0.2, 0) is 4.79 Å². The van der Waals surface area contributed by atoms with Gasteiger partial charge in [-0.1, -0.05) is 11.6 Å². The Hall–Kier alpha value is -2.27. The summed E-state index contributed by atoms with van der Waals surface area (Å²) in [6.07, 6.45) is 4.09. The SMILES string of the molecule is CC(C)(Oc1ccc(Cl)cc1)C(=O)Nc1ccc(N2CCCC2)nc1. The summed E-state index contributed by atoms with van der Waals surface area (Å²) in [6, 6.07) is 10.7. The van der Waals surface area contributed by atoms with Gasteiger partial charge in [0.1, 0.15) is 11.6 Å². The standard InChI is InChI=1S/C19H22ClN3O2/c1-19(2,25-16-8-5-14(20)6-9-16)18(24)22-15-7-10-17(21-13-15)23-11-3-4-12-23/h5-10,13H,3-4,11-12H2,1-2H3,(H,22,24). The van der Waals surface area contributed by atoms with Crippen LogP contribution in [0.3, 0.4) is 0 Å². The van der Waals surface area contributed by atoms with Crippen LogP contribution in [-0.4, -0.2) is 29.6 Å². The highest BCUT2D eigenvalue weighted by molar-refractivity contribution is 6.30. The molecule has 3 rings (SSSR count). The molecule has 0 spiro atoms. The molecule has 1 aliphatic heterocycles. The molecular formula is C19H22ClN3O2. The summed E-state index contributed by atoms with van der Waals surface area (Å²) in [6.45, 7) is 5.53. The number of benzene rings is 1. The van der Waals surface area contributed by atoms with Gasteiger partial charge in [0, 0.05) is 18.1 Å². The number of carbonyl (C=O) groups excluding carboxylic acids is 1. The van der Waals surface area contributed by atoms with Gasteiger partial charge >= 0.3 is 0 Å². The molecule has 1 aromatic carbocycles. The lowest BCUT2D eigenvalue weighted by molar-refractivity contribution is -0.128. The van der Waals surface area contributed by atoms with Gasteiger partial charge in [0.15, 0.2) is 5.60 Å². The molecule has 25 heavy (non-hydrogen) atoms. The van der Waals surface area contributed by atoms with Crippen LogP contribution in [0, 0.1) is 0 Å². The molecule has 0 aliphatic carbocycles. The lowest BCUT2D eigenvalue weighted by Gasteiger charge is -2.25. The number of halogens is 1. The van der Waals surface area contributed by atoms with Crippen LogP contribution < -0.4 is 15.0 Å². The van der Waals surface area contributed by atoms with E-state index in [-0.39, 0.29) is 5.91 Å². The van der Waals surface area contributed by atoms with Crippen molar-refractivity contribution < 1.29 is 9.53 Å². The monoisotopic (exact) mass is 359 g/mol. The number of anilines is 2. The molecule has 1 fully saturated rings. The number of aromatic nitrogens is 1. The van der Waals surface area contributed by atoms with Crippen LogP contribution >= 0.6 is 11.6 Å². The van der Waals surface area contributed by atoms with E-state index in [2.05, 4.69) is 15.2 Å². The van der Waals surface area contributed by atoms with Crippen molar-refractivity contribution >= 4 is 29.0 Å². The maximum Gasteiger partial charge on any atom is 0.268 e. The molecule has 2 aromatic rings. The zero-order valence-corrected chi connectivity index (χ0v) is 15.2. The van der Waals surface area contributed by atoms with Gasteiger partial charge in [-0.15, -0.1) is 0 Å². The number of ether oxygens (including phenoxy) is 1. The van der Waals surface area contributed by atoms with E-state index in [0.29, 0.717) is 16.5 Å². The molecule has 0 atom stereocenters. The average Bonchev–Trinajstić information content (AvgIpc) is 3.12. The third kappa shape index (κ3) is 4.42. The summed E-state index contributed by atoms with van der Waals surface area (Å²) in [7, 11) is 0. The van der Waals surface area contributed by atoms with Crippen LogP contribution in [0.4, 0.5) is 11.5 Å². The van der Waals surface area contributed by atoms with Gasteiger partial charge in [0.05, 0.1) is 11.9 Å². The Labute approximate surface area is 153 Å². The average molecular weight is 360 g/mol. The number of hydrogen-bond acceptors (Lipinski definition) is 4. The second kappa shape index (κ2) is 7.31. The van der Waals surface area contributed by atoms with Gasteiger partial charge in [-0.05, 0) is 63.1 Å². The molecule has 6 heteroatoms. The molecular weight excluding hydrogens is 338 g/mol. The van der Waals surface area contributed by atoms with Gasteiger partial charge in [-0.3, -0.25) is 4.79 Å².